The van der Waals surface area contributed by atoms with Crippen LogP contribution in [0.2, 0.25) is 0 Å². The van der Waals surface area contributed by atoms with E-state index in [0.29, 0.717) is 11.3 Å². The highest BCUT2D eigenvalue weighted by atomic mass is 16.4. The first-order valence-electron chi connectivity index (χ1n) is 3.50. The fraction of sp³-hybridized carbons (Fsp3) is 0. The number of fused-ring (bicyclic) bond motifs is 1. The Morgan fingerprint density at radius 2 is 2.08 bits per heavy atom. The Balaban J connectivity index is 2.56. The molecule has 0 bridgehead atoms. The maximum Gasteiger partial charge on any atom is 0.489 e. The van der Waals surface area contributed by atoms with Crippen LogP contribution in [0.5, 0.6) is 0 Å². The molecule has 60 valence electrons. The summed E-state index contributed by atoms with van der Waals surface area (Å²) in [5.74, 6) is -0.256. The molecule has 2 rings (SSSR count). The van der Waals surface area contributed by atoms with Crippen LogP contribution in [-0.4, -0.2) is 23.1 Å². The van der Waals surface area contributed by atoms with Crippen molar-refractivity contribution >= 4 is 24.2 Å². The standard InChI is InChI=1S/C7H6BNO3/c10-7-6-4(8(11)12)2-1-3-5(6)9-7/h1-3,11-12H,(H,9,10). The van der Waals surface area contributed by atoms with E-state index in [0.717, 1.165) is 0 Å². The van der Waals surface area contributed by atoms with Crippen molar-refractivity contribution < 1.29 is 14.8 Å². The van der Waals surface area contributed by atoms with Crippen LogP contribution >= 0.6 is 0 Å². The quantitative estimate of drug-likeness (QED) is 0.461. The normalized spacial score (nSPS) is 13.0. The largest absolute Gasteiger partial charge is 0.489 e. The minimum Gasteiger partial charge on any atom is -0.423 e. The smallest absolute Gasteiger partial charge is 0.423 e. The van der Waals surface area contributed by atoms with Crippen LogP contribution in [0, 0.1) is 0 Å². The Hall–Kier alpha value is -1.33. The van der Waals surface area contributed by atoms with Crippen molar-refractivity contribution in [2.45, 2.75) is 0 Å². The van der Waals surface area contributed by atoms with E-state index in [2.05, 4.69) is 5.32 Å². The van der Waals surface area contributed by atoms with Crippen molar-refractivity contribution in [1.29, 1.82) is 0 Å². The van der Waals surface area contributed by atoms with E-state index < -0.39 is 7.12 Å². The van der Waals surface area contributed by atoms with E-state index in [9.17, 15) is 4.79 Å². The zero-order valence-corrected chi connectivity index (χ0v) is 6.11. The van der Waals surface area contributed by atoms with Crippen LogP contribution in [-0.2, 0) is 0 Å². The molecule has 5 heteroatoms. The van der Waals surface area contributed by atoms with Crippen LogP contribution in [0.4, 0.5) is 5.69 Å². The average Bonchev–Trinajstić information content (AvgIpc) is 2.01. The SMILES string of the molecule is O=C1Nc2cccc(B(O)O)c21. The molecule has 4 nitrogen and oxygen atoms in total. The number of carbonyl (C=O) groups is 1. The van der Waals surface area contributed by atoms with Crippen molar-refractivity contribution in [1.82, 2.24) is 0 Å². The van der Waals surface area contributed by atoms with Gasteiger partial charge in [-0.3, -0.25) is 4.79 Å². The first-order chi connectivity index (χ1) is 5.70. The molecule has 1 amide bonds. The summed E-state index contributed by atoms with van der Waals surface area (Å²) < 4.78 is 0. The molecular formula is C7H6BNO3. The van der Waals surface area contributed by atoms with Crippen LogP contribution in [0.25, 0.3) is 0 Å². The van der Waals surface area contributed by atoms with E-state index in [-0.39, 0.29) is 11.4 Å². The molecule has 3 N–H and O–H groups in total. The molecular weight excluding hydrogens is 157 g/mol. The lowest BCUT2D eigenvalue weighted by Gasteiger charge is -2.21. The predicted octanol–water partition coefficient (Wildman–Crippen LogP) is -1.07. The Kier molecular flexibility index (Phi) is 1.42. The highest BCUT2D eigenvalue weighted by molar-refractivity contribution is 6.61. The molecule has 0 saturated heterocycles. The molecule has 0 saturated carbocycles. The summed E-state index contributed by atoms with van der Waals surface area (Å²) in [7, 11) is -1.58. The predicted molar refractivity (Wildman–Crippen MR) is 44.2 cm³/mol. The van der Waals surface area contributed by atoms with Gasteiger partial charge in [0.25, 0.3) is 5.91 Å². The lowest BCUT2D eigenvalue weighted by molar-refractivity contribution is 0.101. The summed E-state index contributed by atoms with van der Waals surface area (Å²) in [5, 5.41) is 20.2. The van der Waals surface area contributed by atoms with Crippen molar-refractivity contribution in [2.75, 3.05) is 5.32 Å². The highest BCUT2D eigenvalue weighted by Gasteiger charge is 2.29. The van der Waals surface area contributed by atoms with Gasteiger partial charge in [-0.05, 0) is 11.5 Å². The van der Waals surface area contributed by atoms with Gasteiger partial charge in [-0.25, -0.2) is 0 Å². The van der Waals surface area contributed by atoms with Gasteiger partial charge in [0.1, 0.15) is 0 Å². The number of nitrogens with one attached hydrogen (secondary N) is 1. The van der Waals surface area contributed by atoms with Gasteiger partial charge in [0, 0.05) is 0 Å². The number of benzene rings is 1. The molecule has 0 fully saturated rings. The molecule has 0 atom stereocenters. The lowest BCUT2D eigenvalue weighted by Crippen LogP contribution is -2.41. The first kappa shape index (κ1) is 7.33. The van der Waals surface area contributed by atoms with Crippen molar-refractivity contribution in [3.63, 3.8) is 0 Å². The van der Waals surface area contributed by atoms with E-state index in [1.165, 1.54) is 6.07 Å². The molecule has 0 aromatic heterocycles. The highest BCUT2D eigenvalue weighted by Crippen LogP contribution is 2.22. The zero-order valence-electron chi connectivity index (χ0n) is 6.11. The van der Waals surface area contributed by atoms with Crippen molar-refractivity contribution in [2.24, 2.45) is 0 Å². The number of hydrogen-bond donors (Lipinski definition) is 3. The topological polar surface area (TPSA) is 69.6 Å². The van der Waals surface area contributed by atoms with Crippen LogP contribution < -0.4 is 10.8 Å². The molecule has 1 aromatic rings. The Labute approximate surface area is 69.0 Å². The molecule has 0 aliphatic carbocycles. The summed E-state index contributed by atoms with van der Waals surface area (Å²) in [4.78, 5) is 10.9. The van der Waals surface area contributed by atoms with E-state index >= 15 is 0 Å². The second-order valence-electron chi connectivity index (χ2n) is 2.60. The Bertz CT molecular complexity index is 351. The minimum atomic E-state index is -1.58. The molecule has 1 heterocycles. The molecule has 0 spiro atoms. The maximum atomic E-state index is 10.9. The summed E-state index contributed by atoms with van der Waals surface area (Å²) in [5.41, 5.74) is 1.30. The van der Waals surface area contributed by atoms with Gasteiger partial charge >= 0.3 is 7.12 Å². The van der Waals surface area contributed by atoms with E-state index in [4.69, 9.17) is 10.0 Å². The zero-order chi connectivity index (χ0) is 8.72. The third kappa shape index (κ3) is 0.839. The summed E-state index contributed by atoms with van der Waals surface area (Å²) in [6.45, 7) is 0. The van der Waals surface area contributed by atoms with E-state index in [1.54, 1.807) is 12.1 Å². The van der Waals surface area contributed by atoms with Gasteiger partial charge in [0.15, 0.2) is 0 Å². The second-order valence-corrected chi connectivity index (χ2v) is 2.60. The Morgan fingerprint density at radius 1 is 1.33 bits per heavy atom. The summed E-state index contributed by atoms with van der Waals surface area (Å²) in [6.07, 6.45) is 0. The molecule has 0 unspecified atom stereocenters. The molecule has 1 aliphatic heterocycles. The average molecular weight is 163 g/mol. The van der Waals surface area contributed by atoms with Gasteiger partial charge in [0.05, 0.1) is 11.3 Å². The lowest BCUT2D eigenvalue weighted by atomic mass is 9.75. The van der Waals surface area contributed by atoms with Crippen LogP contribution in [0.15, 0.2) is 18.2 Å². The number of amides is 1. The third-order valence-corrected chi connectivity index (χ3v) is 1.85. The van der Waals surface area contributed by atoms with Crippen molar-refractivity contribution in [3.8, 4) is 0 Å². The summed E-state index contributed by atoms with van der Waals surface area (Å²) >= 11 is 0. The molecule has 12 heavy (non-hydrogen) atoms. The first-order valence-corrected chi connectivity index (χ1v) is 3.50. The minimum absolute atomic E-state index is 0.256. The van der Waals surface area contributed by atoms with Gasteiger partial charge in [-0.2, -0.15) is 0 Å². The fourth-order valence-corrected chi connectivity index (χ4v) is 1.27. The van der Waals surface area contributed by atoms with Gasteiger partial charge in [-0.15, -0.1) is 0 Å². The number of anilines is 1. The van der Waals surface area contributed by atoms with Gasteiger partial charge in [-0.1, -0.05) is 12.1 Å². The molecule has 1 aromatic carbocycles. The molecule has 1 aliphatic rings. The third-order valence-electron chi connectivity index (χ3n) is 1.85. The van der Waals surface area contributed by atoms with Gasteiger partial charge < -0.3 is 15.4 Å². The van der Waals surface area contributed by atoms with Crippen LogP contribution in [0.3, 0.4) is 0 Å². The van der Waals surface area contributed by atoms with Crippen molar-refractivity contribution in [3.05, 3.63) is 23.8 Å². The number of carbonyl (C=O) groups excluding carboxylic acids is 1. The monoisotopic (exact) mass is 163 g/mol. The molecule has 0 radical (unpaired) electrons. The summed E-state index contributed by atoms with van der Waals surface area (Å²) in [6, 6.07) is 4.89. The van der Waals surface area contributed by atoms with Crippen LogP contribution in [0.1, 0.15) is 10.4 Å². The Morgan fingerprint density at radius 3 is 2.58 bits per heavy atom. The number of rotatable bonds is 1. The fourth-order valence-electron chi connectivity index (χ4n) is 1.27. The maximum absolute atomic E-state index is 10.9. The number of hydrogen-bond acceptors (Lipinski definition) is 3. The van der Waals surface area contributed by atoms with Gasteiger partial charge in [0.2, 0.25) is 0 Å². The second kappa shape index (κ2) is 2.33. The van der Waals surface area contributed by atoms with E-state index in [1.807, 2.05) is 0 Å².